The Kier molecular flexibility index (Phi) is 2.67. The number of carbonyl (C=O) groups excluding carboxylic acids is 1. The zero-order valence-electron chi connectivity index (χ0n) is 10.8. The van der Waals surface area contributed by atoms with Crippen LogP contribution in [0.25, 0.3) is 21.7 Å². The largest absolute Gasteiger partial charge is 0.465 e. The molecule has 0 saturated carbocycles. The number of nitrogens with zero attached hydrogens (tertiary/aromatic N) is 1. The van der Waals surface area contributed by atoms with Crippen LogP contribution in [0.1, 0.15) is 15.9 Å². The summed E-state index contributed by atoms with van der Waals surface area (Å²) in [7, 11) is 1.40. The van der Waals surface area contributed by atoms with E-state index in [1.807, 2.05) is 49.5 Å². The van der Waals surface area contributed by atoms with Gasteiger partial charge in [-0.3, -0.25) is 4.98 Å². The van der Waals surface area contributed by atoms with Gasteiger partial charge in [-0.2, -0.15) is 0 Å². The highest BCUT2D eigenvalue weighted by molar-refractivity contribution is 6.09. The standard InChI is InChI=1S/C16H13NO2/c1-10-7-11(16(18)19-2)8-13-12-5-3-4-6-15(12)17-9-14(10)13/h3-9H,1-2H3. The SMILES string of the molecule is COC(=O)c1cc(C)c2cnc3ccccc3c2c1. The predicted octanol–water partition coefficient (Wildman–Crippen LogP) is 3.48. The van der Waals surface area contributed by atoms with Crippen molar-refractivity contribution in [2.24, 2.45) is 0 Å². The number of fused-ring (bicyclic) bond motifs is 3. The molecule has 3 heteroatoms. The van der Waals surface area contributed by atoms with Gasteiger partial charge in [0.25, 0.3) is 0 Å². The average Bonchev–Trinajstić information content (AvgIpc) is 2.46. The molecular formula is C16H13NO2. The quantitative estimate of drug-likeness (QED) is 0.491. The van der Waals surface area contributed by atoms with E-state index in [-0.39, 0.29) is 5.97 Å². The first-order valence-corrected chi connectivity index (χ1v) is 6.07. The molecule has 0 atom stereocenters. The van der Waals surface area contributed by atoms with Crippen LogP contribution in [0.3, 0.4) is 0 Å². The molecule has 0 saturated heterocycles. The molecule has 0 aliphatic carbocycles. The smallest absolute Gasteiger partial charge is 0.337 e. The number of methoxy groups -OCH3 is 1. The van der Waals surface area contributed by atoms with E-state index in [0.29, 0.717) is 5.56 Å². The maximum Gasteiger partial charge on any atom is 0.337 e. The second-order valence-corrected chi connectivity index (χ2v) is 4.52. The molecular weight excluding hydrogens is 238 g/mol. The van der Waals surface area contributed by atoms with E-state index >= 15 is 0 Å². The van der Waals surface area contributed by atoms with E-state index < -0.39 is 0 Å². The first-order chi connectivity index (χ1) is 9.20. The molecule has 1 heterocycles. The van der Waals surface area contributed by atoms with Gasteiger partial charge in [0.2, 0.25) is 0 Å². The lowest BCUT2D eigenvalue weighted by molar-refractivity contribution is 0.0601. The number of rotatable bonds is 1. The Morgan fingerprint density at radius 3 is 2.68 bits per heavy atom. The zero-order valence-corrected chi connectivity index (χ0v) is 10.8. The van der Waals surface area contributed by atoms with Crippen molar-refractivity contribution < 1.29 is 9.53 Å². The van der Waals surface area contributed by atoms with Gasteiger partial charge in [-0.05, 0) is 36.1 Å². The molecule has 94 valence electrons. The first-order valence-electron chi connectivity index (χ1n) is 6.07. The molecule has 0 unspecified atom stereocenters. The van der Waals surface area contributed by atoms with Crippen LogP contribution < -0.4 is 0 Å². The normalized spacial score (nSPS) is 10.8. The van der Waals surface area contributed by atoms with Gasteiger partial charge in [0, 0.05) is 17.0 Å². The molecule has 3 rings (SSSR count). The van der Waals surface area contributed by atoms with Crippen molar-refractivity contribution in [2.45, 2.75) is 6.92 Å². The second kappa shape index (κ2) is 4.35. The van der Waals surface area contributed by atoms with Gasteiger partial charge in [-0.25, -0.2) is 4.79 Å². The van der Waals surface area contributed by atoms with Gasteiger partial charge in [-0.1, -0.05) is 18.2 Å². The summed E-state index contributed by atoms with van der Waals surface area (Å²) in [4.78, 5) is 16.2. The molecule has 0 spiro atoms. The van der Waals surface area contributed by atoms with E-state index in [1.165, 1.54) is 7.11 Å². The zero-order chi connectivity index (χ0) is 13.4. The van der Waals surface area contributed by atoms with E-state index in [2.05, 4.69) is 4.98 Å². The minimum Gasteiger partial charge on any atom is -0.465 e. The number of hydrogen-bond acceptors (Lipinski definition) is 3. The van der Waals surface area contributed by atoms with Gasteiger partial charge < -0.3 is 4.74 Å². The van der Waals surface area contributed by atoms with Gasteiger partial charge in [-0.15, -0.1) is 0 Å². The Morgan fingerprint density at radius 2 is 1.89 bits per heavy atom. The lowest BCUT2D eigenvalue weighted by Crippen LogP contribution is -2.01. The highest BCUT2D eigenvalue weighted by Crippen LogP contribution is 2.27. The molecule has 0 amide bonds. The third-order valence-corrected chi connectivity index (χ3v) is 3.33. The van der Waals surface area contributed by atoms with E-state index in [9.17, 15) is 4.79 Å². The second-order valence-electron chi connectivity index (χ2n) is 4.52. The molecule has 0 radical (unpaired) electrons. The molecule has 1 aromatic heterocycles. The molecule has 19 heavy (non-hydrogen) atoms. The summed E-state index contributed by atoms with van der Waals surface area (Å²) in [6, 6.07) is 11.6. The van der Waals surface area contributed by atoms with Crippen molar-refractivity contribution in [1.82, 2.24) is 4.98 Å². The fourth-order valence-corrected chi connectivity index (χ4v) is 2.38. The predicted molar refractivity (Wildman–Crippen MR) is 75.3 cm³/mol. The number of hydrogen-bond donors (Lipinski definition) is 0. The number of ether oxygens (including phenoxy) is 1. The lowest BCUT2D eigenvalue weighted by Gasteiger charge is -2.08. The van der Waals surface area contributed by atoms with Gasteiger partial charge in [0.15, 0.2) is 0 Å². The summed E-state index contributed by atoms with van der Waals surface area (Å²) in [5, 5.41) is 3.14. The minimum atomic E-state index is -0.314. The topological polar surface area (TPSA) is 39.2 Å². The van der Waals surface area contributed by atoms with Gasteiger partial charge >= 0.3 is 5.97 Å². The van der Waals surface area contributed by atoms with Crippen LogP contribution >= 0.6 is 0 Å². The first kappa shape index (κ1) is 11.7. The van der Waals surface area contributed by atoms with Crippen LogP contribution in [0, 0.1) is 6.92 Å². The Labute approximate surface area is 110 Å². The number of aryl methyl sites for hydroxylation is 1. The highest BCUT2D eigenvalue weighted by Gasteiger charge is 2.10. The number of esters is 1. The van der Waals surface area contributed by atoms with Crippen LogP contribution in [0.2, 0.25) is 0 Å². The molecule has 0 N–H and O–H groups in total. The highest BCUT2D eigenvalue weighted by atomic mass is 16.5. The molecule has 0 fully saturated rings. The van der Waals surface area contributed by atoms with Crippen LogP contribution in [-0.2, 0) is 4.74 Å². The average molecular weight is 251 g/mol. The van der Waals surface area contributed by atoms with Crippen molar-refractivity contribution in [3.63, 3.8) is 0 Å². The number of carbonyl (C=O) groups is 1. The molecule has 2 aromatic carbocycles. The summed E-state index contributed by atoms with van der Waals surface area (Å²) in [5.41, 5.74) is 2.52. The Hall–Kier alpha value is -2.42. The van der Waals surface area contributed by atoms with Crippen LogP contribution in [0.4, 0.5) is 0 Å². The van der Waals surface area contributed by atoms with E-state index in [4.69, 9.17) is 4.74 Å². The maximum absolute atomic E-state index is 11.7. The number of benzene rings is 2. The number of aromatic nitrogens is 1. The Bertz CT molecular complexity index is 793. The Balaban J connectivity index is 2.43. The van der Waals surface area contributed by atoms with Crippen LogP contribution in [0.5, 0.6) is 0 Å². The van der Waals surface area contributed by atoms with Crippen molar-refractivity contribution >= 4 is 27.6 Å². The third-order valence-electron chi connectivity index (χ3n) is 3.33. The van der Waals surface area contributed by atoms with Gasteiger partial charge in [0.05, 0.1) is 18.2 Å². The maximum atomic E-state index is 11.7. The fraction of sp³-hybridized carbons (Fsp3) is 0.125. The Morgan fingerprint density at radius 1 is 1.11 bits per heavy atom. The van der Waals surface area contributed by atoms with E-state index in [1.54, 1.807) is 0 Å². The minimum absolute atomic E-state index is 0.314. The molecule has 3 aromatic rings. The van der Waals surface area contributed by atoms with Crippen LogP contribution in [0.15, 0.2) is 42.6 Å². The molecule has 0 aliphatic rings. The van der Waals surface area contributed by atoms with Crippen LogP contribution in [-0.4, -0.2) is 18.1 Å². The van der Waals surface area contributed by atoms with E-state index in [0.717, 1.165) is 27.2 Å². The van der Waals surface area contributed by atoms with Crippen molar-refractivity contribution in [3.8, 4) is 0 Å². The molecule has 3 nitrogen and oxygen atoms in total. The summed E-state index contributed by atoms with van der Waals surface area (Å²) < 4.78 is 4.80. The summed E-state index contributed by atoms with van der Waals surface area (Å²) in [6.07, 6.45) is 1.86. The fourth-order valence-electron chi connectivity index (χ4n) is 2.38. The summed E-state index contributed by atoms with van der Waals surface area (Å²) in [5.74, 6) is -0.314. The molecule has 0 bridgehead atoms. The van der Waals surface area contributed by atoms with Crippen molar-refractivity contribution in [3.05, 3.63) is 53.7 Å². The van der Waals surface area contributed by atoms with Gasteiger partial charge in [0.1, 0.15) is 0 Å². The third kappa shape index (κ3) is 1.83. The van der Waals surface area contributed by atoms with Crippen molar-refractivity contribution in [1.29, 1.82) is 0 Å². The lowest BCUT2D eigenvalue weighted by atomic mass is 10.00. The van der Waals surface area contributed by atoms with Crippen molar-refractivity contribution in [2.75, 3.05) is 7.11 Å². The summed E-state index contributed by atoms with van der Waals surface area (Å²) in [6.45, 7) is 1.98. The molecule has 0 aliphatic heterocycles. The number of para-hydroxylation sites is 1. The number of pyridine rings is 1. The monoisotopic (exact) mass is 251 g/mol. The summed E-state index contributed by atoms with van der Waals surface area (Å²) >= 11 is 0.